The molecular weight excluding hydrogens is 440 g/mol. The van der Waals surface area contributed by atoms with Crippen LogP contribution in [0.25, 0.3) is 11.1 Å². The first-order chi connectivity index (χ1) is 16.0. The maximum atomic E-state index is 13.1. The van der Waals surface area contributed by atoms with Crippen molar-refractivity contribution in [1.29, 1.82) is 0 Å². The van der Waals surface area contributed by atoms with Crippen LogP contribution in [0.3, 0.4) is 0 Å². The first kappa shape index (κ1) is 21.8. The summed E-state index contributed by atoms with van der Waals surface area (Å²) < 4.78 is 5.58. The summed E-state index contributed by atoms with van der Waals surface area (Å²) in [5, 5.41) is 12.2. The van der Waals surface area contributed by atoms with E-state index in [4.69, 9.17) is 4.74 Å². The lowest BCUT2D eigenvalue weighted by molar-refractivity contribution is -0.151. The predicted molar refractivity (Wildman–Crippen MR) is 125 cm³/mol. The molecule has 5 rings (SSSR count). The molecule has 172 valence electrons. The number of carbonyl (C=O) groups is 3. The Morgan fingerprint density at radius 1 is 1.06 bits per heavy atom. The standard InChI is InChI=1S/C25H26N2O5S/c28-22(29)21-14-33-12-11-27(21)23(30)25(9-10-25)15-26-24(31)32-13-20-18-7-3-1-5-16(18)17-6-2-4-8-19(17)20/h1-8,20-21H,9-15H2,(H,26,31)(H,28,29). The van der Waals surface area contributed by atoms with E-state index in [2.05, 4.69) is 29.6 Å². The van der Waals surface area contributed by atoms with Crippen LogP contribution in [0.5, 0.6) is 0 Å². The van der Waals surface area contributed by atoms with Gasteiger partial charge in [0.05, 0.1) is 5.41 Å². The van der Waals surface area contributed by atoms with Crippen molar-refractivity contribution in [3.63, 3.8) is 0 Å². The maximum Gasteiger partial charge on any atom is 0.407 e. The fourth-order valence-electron chi connectivity index (χ4n) is 4.86. The topological polar surface area (TPSA) is 95.9 Å². The second-order valence-corrected chi connectivity index (χ2v) is 10.0. The lowest BCUT2D eigenvalue weighted by Crippen LogP contribution is -2.54. The van der Waals surface area contributed by atoms with Gasteiger partial charge in [0.1, 0.15) is 12.6 Å². The van der Waals surface area contributed by atoms with Gasteiger partial charge < -0.3 is 20.1 Å². The number of nitrogens with one attached hydrogen (secondary N) is 1. The predicted octanol–water partition coefficient (Wildman–Crippen LogP) is 3.33. The van der Waals surface area contributed by atoms with Crippen molar-refractivity contribution in [3.05, 3.63) is 59.7 Å². The summed E-state index contributed by atoms with van der Waals surface area (Å²) in [6.45, 7) is 0.802. The number of aliphatic carboxylic acids is 1. The largest absolute Gasteiger partial charge is 0.480 e. The summed E-state index contributed by atoms with van der Waals surface area (Å²) in [7, 11) is 0. The lowest BCUT2D eigenvalue weighted by Gasteiger charge is -2.35. The van der Waals surface area contributed by atoms with Gasteiger partial charge in [-0.1, -0.05) is 48.5 Å². The summed E-state index contributed by atoms with van der Waals surface area (Å²) in [5.74, 6) is -0.0469. The monoisotopic (exact) mass is 466 g/mol. The molecule has 3 aliphatic rings. The molecule has 1 atom stereocenters. The normalized spacial score (nSPS) is 20.5. The fourth-order valence-corrected chi connectivity index (χ4v) is 5.90. The molecule has 33 heavy (non-hydrogen) atoms. The van der Waals surface area contributed by atoms with Gasteiger partial charge in [-0.3, -0.25) is 4.79 Å². The molecule has 0 aromatic heterocycles. The molecule has 2 aliphatic carbocycles. The van der Waals surface area contributed by atoms with Crippen LogP contribution in [-0.4, -0.2) is 65.2 Å². The van der Waals surface area contributed by atoms with Crippen LogP contribution in [-0.2, 0) is 14.3 Å². The highest BCUT2D eigenvalue weighted by atomic mass is 32.2. The van der Waals surface area contributed by atoms with E-state index in [1.54, 1.807) is 11.8 Å². The van der Waals surface area contributed by atoms with Crippen molar-refractivity contribution in [3.8, 4) is 11.1 Å². The van der Waals surface area contributed by atoms with Gasteiger partial charge in [-0.25, -0.2) is 9.59 Å². The minimum atomic E-state index is -0.976. The average molecular weight is 467 g/mol. The molecule has 2 amide bonds. The zero-order chi connectivity index (χ0) is 23.0. The van der Waals surface area contributed by atoms with Crippen molar-refractivity contribution in [2.75, 3.05) is 31.2 Å². The zero-order valence-corrected chi connectivity index (χ0v) is 19.0. The number of hydrogen-bond donors (Lipinski definition) is 2. The highest BCUT2D eigenvalue weighted by Crippen LogP contribution is 2.48. The van der Waals surface area contributed by atoms with E-state index in [1.165, 1.54) is 4.90 Å². The Morgan fingerprint density at radius 3 is 2.30 bits per heavy atom. The van der Waals surface area contributed by atoms with E-state index in [0.29, 0.717) is 25.1 Å². The van der Waals surface area contributed by atoms with E-state index >= 15 is 0 Å². The quantitative estimate of drug-likeness (QED) is 0.678. The van der Waals surface area contributed by atoms with Crippen LogP contribution < -0.4 is 5.32 Å². The van der Waals surface area contributed by atoms with Gasteiger partial charge in [0.2, 0.25) is 5.91 Å². The molecule has 2 N–H and O–H groups in total. The molecule has 0 radical (unpaired) electrons. The van der Waals surface area contributed by atoms with Crippen molar-refractivity contribution < 1.29 is 24.2 Å². The third-order valence-electron chi connectivity index (χ3n) is 6.90. The van der Waals surface area contributed by atoms with Crippen LogP contribution in [0, 0.1) is 5.41 Å². The molecule has 8 heteroatoms. The third-order valence-corrected chi connectivity index (χ3v) is 7.92. The second-order valence-electron chi connectivity index (χ2n) is 8.89. The van der Waals surface area contributed by atoms with Crippen molar-refractivity contribution in [2.45, 2.75) is 24.8 Å². The first-order valence-electron chi connectivity index (χ1n) is 11.2. The van der Waals surface area contributed by atoms with E-state index in [1.807, 2.05) is 24.3 Å². The number of benzene rings is 2. The molecule has 1 aliphatic heterocycles. The van der Waals surface area contributed by atoms with Gasteiger partial charge >= 0.3 is 12.1 Å². The minimum Gasteiger partial charge on any atom is -0.480 e. The fraction of sp³-hybridized carbons (Fsp3) is 0.400. The van der Waals surface area contributed by atoms with E-state index < -0.39 is 23.5 Å². The second kappa shape index (κ2) is 8.74. The zero-order valence-electron chi connectivity index (χ0n) is 18.2. The Balaban J connectivity index is 1.20. The minimum absolute atomic E-state index is 0.0261. The van der Waals surface area contributed by atoms with Gasteiger partial charge in [-0.2, -0.15) is 11.8 Å². The van der Waals surface area contributed by atoms with Crippen molar-refractivity contribution >= 4 is 29.7 Å². The van der Waals surface area contributed by atoms with E-state index in [9.17, 15) is 19.5 Å². The average Bonchev–Trinajstić information content (AvgIpc) is 3.57. The molecule has 2 aromatic rings. The number of rotatable bonds is 6. The van der Waals surface area contributed by atoms with Crippen LogP contribution in [0.2, 0.25) is 0 Å². The smallest absolute Gasteiger partial charge is 0.407 e. The number of carboxylic acid groups (broad SMARTS) is 1. The first-order valence-corrected chi connectivity index (χ1v) is 12.4. The Kier molecular flexibility index (Phi) is 5.78. The van der Waals surface area contributed by atoms with Crippen molar-refractivity contribution in [2.24, 2.45) is 5.41 Å². The van der Waals surface area contributed by atoms with Gasteiger partial charge in [-0.05, 0) is 35.1 Å². The highest BCUT2D eigenvalue weighted by Gasteiger charge is 2.53. The number of nitrogens with zero attached hydrogens (tertiary/aromatic N) is 1. The summed E-state index contributed by atoms with van der Waals surface area (Å²) in [5.41, 5.74) is 3.90. The molecule has 1 saturated heterocycles. The molecule has 2 fully saturated rings. The number of fused-ring (bicyclic) bond motifs is 3. The number of hydrogen-bond acceptors (Lipinski definition) is 5. The molecule has 0 bridgehead atoms. The Hall–Kier alpha value is -3.00. The lowest BCUT2D eigenvalue weighted by atomic mass is 9.98. The molecule has 1 heterocycles. The summed E-state index contributed by atoms with van der Waals surface area (Å²) in [4.78, 5) is 38.7. The number of carbonyl (C=O) groups excluding carboxylic acids is 2. The van der Waals surface area contributed by atoms with Crippen LogP contribution in [0.1, 0.15) is 29.9 Å². The summed E-state index contributed by atoms with van der Waals surface area (Å²) in [6, 6.07) is 15.5. The number of thioether (sulfide) groups is 1. The molecule has 7 nitrogen and oxygen atoms in total. The SMILES string of the molecule is O=C(NCC1(C(=O)N2CCSCC2C(=O)O)CC1)OCC1c2ccccc2-c2ccccc21. The van der Waals surface area contributed by atoms with Crippen LogP contribution >= 0.6 is 11.8 Å². The molecule has 0 spiro atoms. The highest BCUT2D eigenvalue weighted by molar-refractivity contribution is 7.99. The van der Waals surface area contributed by atoms with Gasteiger partial charge in [-0.15, -0.1) is 0 Å². The van der Waals surface area contributed by atoms with Gasteiger partial charge in [0.15, 0.2) is 0 Å². The van der Waals surface area contributed by atoms with Gasteiger partial charge in [0.25, 0.3) is 0 Å². The van der Waals surface area contributed by atoms with E-state index in [0.717, 1.165) is 28.0 Å². The number of ether oxygens (including phenoxy) is 1. The van der Waals surface area contributed by atoms with Gasteiger partial charge in [0, 0.05) is 30.5 Å². The maximum absolute atomic E-state index is 13.1. The molecule has 1 saturated carbocycles. The number of carboxylic acids is 1. The number of alkyl carbamates (subject to hydrolysis) is 1. The molecular formula is C25H26N2O5S. The van der Waals surface area contributed by atoms with Crippen LogP contribution in [0.4, 0.5) is 4.79 Å². The molecule has 1 unspecified atom stereocenters. The van der Waals surface area contributed by atoms with Crippen LogP contribution in [0.15, 0.2) is 48.5 Å². The van der Waals surface area contributed by atoms with E-state index in [-0.39, 0.29) is 25.0 Å². The summed E-state index contributed by atoms with van der Waals surface area (Å²) >= 11 is 1.55. The van der Waals surface area contributed by atoms with Crippen molar-refractivity contribution in [1.82, 2.24) is 10.2 Å². The molecule has 2 aromatic carbocycles. The third kappa shape index (κ3) is 4.08. The Bertz CT molecular complexity index is 1050. The number of amides is 2. The summed E-state index contributed by atoms with van der Waals surface area (Å²) in [6.07, 6.45) is 0.733. The Labute approximate surface area is 196 Å². The Morgan fingerprint density at radius 2 is 1.70 bits per heavy atom.